The Kier molecular flexibility index (Phi) is 6.75. The molecule has 4 aromatic rings. The Labute approximate surface area is 194 Å². The van der Waals surface area contributed by atoms with Crippen LogP contribution in [0.5, 0.6) is 5.75 Å². The zero-order valence-electron chi connectivity index (χ0n) is 17.7. The van der Waals surface area contributed by atoms with Crippen molar-refractivity contribution in [2.75, 3.05) is 17.3 Å². The lowest BCUT2D eigenvalue weighted by atomic mass is 10.3. The average molecular weight is 489 g/mol. The smallest absolute Gasteiger partial charge is 0.230 e. The van der Waals surface area contributed by atoms with Crippen molar-refractivity contribution in [3.8, 4) is 5.75 Å². The van der Waals surface area contributed by atoms with E-state index in [1.807, 2.05) is 25.1 Å². The second-order valence-electron chi connectivity index (χ2n) is 7.14. The number of benzene rings is 2. The molecule has 0 aliphatic heterocycles. The number of ether oxygens (including phenoxy) is 1. The summed E-state index contributed by atoms with van der Waals surface area (Å²) in [5.41, 5.74) is 0.703. The van der Waals surface area contributed by atoms with E-state index in [1.54, 1.807) is 12.1 Å². The van der Waals surface area contributed by atoms with Gasteiger partial charge in [0.2, 0.25) is 5.91 Å². The van der Waals surface area contributed by atoms with Gasteiger partial charge in [-0.05, 0) is 61.5 Å². The third-order valence-corrected chi connectivity index (χ3v) is 7.62. The molecule has 0 atom stereocenters. The Hall–Kier alpha value is -3.24. The first-order valence-electron chi connectivity index (χ1n) is 10.2. The van der Waals surface area contributed by atoms with E-state index in [-0.39, 0.29) is 17.9 Å². The third kappa shape index (κ3) is 5.40. The number of hydrogen-bond donors (Lipinski definition) is 0. The lowest BCUT2D eigenvalue weighted by Gasteiger charge is -2.18. The summed E-state index contributed by atoms with van der Waals surface area (Å²) in [6.45, 7) is 2.54. The van der Waals surface area contributed by atoms with Gasteiger partial charge in [0.25, 0.3) is 0 Å². The van der Waals surface area contributed by atoms with Crippen molar-refractivity contribution in [3.05, 3.63) is 72.4 Å². The number of anilines is 1. The quantitative estimate of drug-likeness (QED) is 0.314. The molecule has 33 heavy (non-hydrogen) atoms. The van der Waals surface area contributed by atoms with Crippen molar-refractivity contribution in [2.45, 2.75) is 24.8 Å². The van der Waals surface area contributed by atoms with E-state index in [4.69, 9.17) is 9.15 Å². The zero-order chi connectivity index (χ0) is 23.4. The van der Waals surface area contributed by atoms with Crippen molar-refractivity contribution in [1.82, 2.24) is 4.98 Å². The lowest BCUT2D eigenvalue weighted by molar-refractivity contribution is -0.118. The average Bonchev–Trinajstić information content (AvgIpc) is 3.46. The van der Waals surface area contributed by atoms with Crippen molar-refractivity contribution >= 4 is 42.4 Å². The summed E-state index contributed by atoms with van der Waals surface area (Å²) in [7, 11) is -3.76. The maximum Gasteiger partial charge on any atom is 0.230 e. The summed E-state index contributed by atoms with van der Waals surface area (Å²) in [5, 5.41) is 0.430. The molecular formula is C23H21FN2O5S2. The monoisotopic (exact) mass is 488 g/mol. The molecule has 2 aromatic carbocycles. The molecule has 0 bridgehead atoms. The van der Waals surface area contributed by atoms with Gasteiger partial charge in [-0.25, -0.2) is 17.8 Å². The molecule has 0 saturated heterocycles. The predicted molar refractivity (Wildman–Crippen MR) is 124 cm³/mol. The number of nitrogens with zero attached hydrogens (tertiary/aromatic N) is 2. The largest absolute Gasteiger partial charge is 0.494 e. The highest BCUT2D eigenvalue weighted by Crippen LogP contribution is 2.33. The fourth-order valence-electron chi connectivity index (χ4n) is 3.20. The standard InChI is InChI=1S/C23H21FN2O5S2/c1-2-30-17-7-10-20-21(14-17)32-23(25-20)26(15-18-4-3-12-31-18)22(27)11-13-33(28,29)19-8-5-16(24)6-9-19/h3-10,12,14H,2,11,13,15H2,1H3. The van der Waals surface area contributed by atoms with Crippen LogP contribution in [0.1, 0.15) is 19.1 Å². The van der Waals surface area contributed by atoms with E-state index in [1.165, 1.54) is 34.6 Å². The SMILES string of the molecule is CCOc1ccc2nc(N(Cc3ccco3)C(=O)CCS(=O)(=O)c3ccc(F)cc3)sc2c1. The van der Waals surface area contributed by atoms with E-state index in [9.17, 15) is 17.6 Å². The number of sulfone groups is 1. The van der Waals surface area contributed by atoms with E-state index >= 15 is 0 Å². The lowest BCUT2D eigenvalue weighted by Crippen LogP contribution is -2.31. The van der Waals surface area contributed by atoms with Crippen molar-refractivity contribution in [2.24, 2.45) is 0 Å². The van der Waals surface area contributed by atoms with E-state index < -0.39 is 27.3 Å². The van der Waals surface area contributed by atoms with Crippen LogP contribution in [0.25, 0.3) is 10.2 Å². The normalized spacial score (nSPS) is 11.6. The Balaban J connectivity index is 1.58. The number of furan rings is 1. The van der Waals surface area contributed by atoms with Crippen LogP contribution in [-0.2, 0) is 21.2 Å². The van der Waals surface area contributed by atoms with Crippen molar-refractivity contribution in [1.29, 1.82) is 0 Å². The van der Waals surface area contributed by atoms with Crippen LogP contribution in [0.15, 0.2) is 70.2 Å². The summed E-state index contributed by atoms with van der Waals surface area (Å²) in [5.74, 6) is -0.112. The highest BCUT2D eigenvalue weighted by atomic mass is 32.2. The molecule has 0 aliphatic carbocycles. The summed E-state index contributed by atoms with van der Waals surface area (Å²) in [4.78, 5) is 19.1. The molecule has 0 radical (unpaired) electrons. The zero-order valence-corrected chi connectivity index (χ0v) is 19.4. The molecule has 10 heteroatoms. The number of carbonyl (C=O) groups is 1. The van der Waals surface area contributed by atoms with Crippen LogP contribution in [0.2, 0.25) is 0 Å². The van der Waals surface area contributed by atoms with Crippen LogP contribution in [-0.4, -0.2) is 31.7 Å². The van der Waals surface area contributed by atoms with Gasteiger partial charge in [-0.15, -0.1) is 0 Å². The number of hydrogen-bond acceptors (Lipinski definition) is 7. The summed E-state index contributed by atoms with van der Waals surface area (Å²) >= 11 is 1.31. The van der Waals surface area contributed by atoms with E-state index in [0.717, 1.165) is 16.8 Å². The second-order valence-corrected chi connectivity index (χ2v) is 10.3. The highest BCUT2D eigenvalue weighted by Gasteiger charge is 2.24. The maximum atomic E-state index is 13.2. The van der Waals surface area contributed by atoms with Crippen molar-refractivity contribution < 1.29 is 26.8 Å². The summed E-state index contributed by atoms with van der Waals surface area (Å²) in [6, 6.07) is 13.5. The molecule has 0 unspecified atom stereocenters. The van der Waals surface area contributed by atoms with Gasteiger partial charge >= 0.3 is 0 Å². The number of rotatable bonds is 9. The molecule has 0 aliphatic rings. The van der Waals surface area contributed by atoms with Gasteiger partial charge in [0, 0.05) is 6.42 Å². The molecule has 4 rings (SSSR count). The minimum Gasteiger partial charge on any atom is -0.494 e. The fraction of sp³-hybridized carbons (Fsp3) is 0.217. The minimum absolute atomic E-state index is 0.0299. The number of halogens is 1. The Morgan fingerprint density at radius 1 is 1.18 bits per heavy atom. The van der Waals surface area contributed by atoms with Gasteiger partial charge in [-0.2, -0.15) is 0 Å². The first-order chi connectivity index (χ1) is 15.9. The van der Waals surface area contributed by atoms with Gasteiger partial charge in [-0.3, -0.25) is 9.69 Å². The molecule has 7 nitrogen and oxygen atoms in total. The number of fused-ring (bicyclic) bond motifs is 1. The molecule has 2 heterocycles. The van der Waals surface area contributed by atoms with Gasteiger partial charge in [0.05, 0.1) is 40.3 Å². The molecule has 172 valence electrons. The predicted octanol–water partition coefficient (Wildman–Crippen LogP) is 4.82. The molecule has 2 aromatic heterocycles. The summed E-state index contributed by atoms with van der Waals surface area (Å²) in [6.07, 6.45) is 1.24. The van der Waals surface area contributed by atoms with Crippen molar-refractivity contribution in [3.63, 3.8) is 0 Å². The Morgan fingerprint density at radius 2 is 1.97 bits per heavy atom. The van der Waals surface area contributed by atoms with Gasteiger partial charge < -0.3 is 9.15 Å². The first-order valence-corrected chi connectivity index (χ1v) is 12.7. The van der Waals surface area contributed by atoms with Crippen LogP contribution in [0, 0.1) is 5.82 Å². The van der Waals surface area contributed by atoms with Gasteiger partial charge in [0.1, 0.15) is 17.3 Å². The molecule has 0 N–H and O–H groups in total. The highest BCUT2D eigenvalue weighted by molar-refractivity contribution is 7.91. The van der Waals surface area contributed by atoms with E-state index in [2.05, 4.69) is 4.98 Å². The third-order valence-electron chi connectivity index (χ3n) is 4.84. The number of amides is 1. The Bertz CT molecular complexity index is 1350. The molecule has 0 fully saturated rings. The number of thiazole rings is 1. The molecular weight excluding hydrogens is 467 g/mol. The molecule has 0 spiro atoms. The minimum atomic E-state index is -3.76. The summed E-state index contributed by atoms with van der Waals surface area (Å²) < 4.78 is 50.2. The van der Waals surface area contributed by atoms with Gasteiger partial charge in [-0.1, -0.05) is 11.3 Å². The number of carbonyl (C=O) groups excluding carboxylic acids is 1. The van der Waals surface area contributed by atoms with E-state index in [0.29, 0.717) is 28.8 Å². The van der Waals surface area contributed by atoms with Crippen LogP contribution >= 0.6 is 11.3 Å². The van der Waals surface area contributed by atoms with Crippen LogP contribution in [0.4, 0.5) is 9.52 Å². The van der Waals surface area contributed by atoms with Crippen LogP contribution < -0.4 is 9.64 Å². The molecule has 0 saturated carbocycles. The molecule has 1 amide bonds. The maximum absolute atomic E-state index is 13.2. The second kappa shape index (κ2) is 9.72. The topological polar surface area (TPSA) is 89.7 Å². The Morgan fingerprint density at radius 3 is 2.67 bits per heavy atom. The van der Waals surface area contributed by atoms with Crippen LogP contribution in [0.3, 0.4) is 0 Å². The fourth-order valence-corrected chi connectivity index (χ4v) is 5.44. The first kappa shape index (κ1) is 22.9. The van der Waals surface area contributed by atoms with Gasteiger partial charge in [0.15, 0.2) is 15.0 Å². The number of aromatic nitrogens is 1.